The number of hydrogen-bond acceptors (Lipinski definition) is 5. The fourth-order valence-corrected chi connectivity index (χ4v) is 2.41. The van der Waals surface area contributed by atoms with Crippen LogP contribution >= 0.6 is 11.3 Å². The largest absolute Gasteiger partial charge is 0.497 e. The van der Waals surface area contributed by atoms with E-state index in [4.69, 9.17) is 9.47 Å². The Balaban J connectivity index is 2.06. The van der Waals surface area contributed by atoms with Gasteiger partial charge in [0.1, 0.15) is 18.1 Å². The molecule has 1 aromatic heterocycles. The Bertz CT molecular complexity index is 539. The van der Waals surface area contributed by atoms with E-state index in [0.717, 1.165) is 17.1 Å². The molecule has 0 aliphatic heterocycles. The van der Waals surface area contributed by atoms with Gasteiger partial charge in [-0.2, -0.15) is 0 Å². The molecule has 1 heterocycles. The monoisotopic (exact) mass is 279 g/mol. The molecule has 19 heavy (non-hydrogen) atoms. The normalized spacial score (nSPS) is 10.5. The van der Waals surface area contributed by atoms with Crippen molar-refractivity contribution < 1.29 is 14.6 Å². The molecule has 2 aromatic rings. The fraction of sp³-hybridized carbons (Fsp3) is 0.357. The van der Waals surface area contributed by atoms with Crippen molar-refractivity contribution >= 4 is 11.3 Å². The number of methoxy groups -OCH3 is 1. The zero-order chi connectivity index (χ0) is 13.7. The third-order valence-electron chi connectivity index (χ3n) is 2.72. The van der Waals surface area contributed by atoms with Crippen molar-refractivity contribution in [1.82, 2.24) is 4.98 Å². The maximum atomic E-state index is 9.33. The van der Waals surface area contributed by atoms with Crippen LogP contribution in [0.3, 0.4) is 0 Å². The highest BCUT2D eigenvalue weighted by Gasteiger charge is 2.07. The molecule has 0 aliphatic carbocycles. The van der Waals surface area contributed by atoms with Crippen molar-refractivity contribution in [3.05, 3.63) is 39.8 Å². The van der Waals surface area contributed by atoms with Crippen LogP contribution in [-0.4, -0.2) is 17.2 Å². The first kappa shape index (κ1) is 13.8. The average molecular weight is 279 g/mol. The number of aliphatic hydroxyl groups is 1. The minimum atomic E-state index is -0.0796. The number of ether oxygens (including phenoxy) is 2. The molecule has 0 atom stereocenters. The van der Waals surface area contributed by atoms with Gasteiger partial charge in [0.15, 0.2) is 0 Å². The first-order valence-electron chi connectivity index (χ1n) is 6.10. The molecule has 0 unspecified atom stereocenters. The van der Waals surface area contributed by atoms with Gasteiger partial charge < -0.3 is 14.6 Å². The van der Waals surface area contributed by atoms with Gasteiger partial charge in [-0.05, 0) is 24.6 Å². The first-order valence-corrected chi connectivity index (χ1v) is 6.98. The molecule has 4 nitrogen and oxygen atoms in total. The molecule has 0 fully saturated rings. The van der Waals surface area contributed by atoms with E-state index in [9.17, 15) is 5.11 Å². The average Bonchev–Trinajstić information content (AvgIpc) is 2.92. The summed E-state index contributed by atoms with van der Waals surface area (Å²) >= 11 is 1.64. The lowest BCUT2D eigenvalue weighted by Gasteiger charge is -2.10. The van der Waals surface area contributed by atoms with Gasteiger partial charge >= 0.3 is 0 Å². The van der Waals surface area contributed by atoms with Gasteiger partial charge in [0.05, 0.1) is 24.4 Å². The summed E-state index contributed by atoms with van der Waals surface area (Å²) in [5.74, 6) is 1.37. The number of hydrogen-bond donors (Lipinski definition) is 1. The van der Waals surface area contributed by atoms with Crippen LogP contribution in [0.5, 0.6) is 11.5 Å². The first-order chi connectivity index (χ1) is 9.26. The van der Waals surface area contributed by atoms with Crippen LogP contribution in [0, 0.1) is 0 Å². The van der Waals surface area contributed by atoms with Crippen LogP contribution in [-0.2, 0) is 19.6 Å². The highest BCUT2D eigenvalue weighted by atomic mass is 32.1. The Labute approximate surface area is 116 Å². The van der Waals surface area contributed by atoms with Crippen LogP contribution in [0.1, 0.15) is 23.2 Å². The predicted octanol–water partition coefficient (Wildman–Crippen LogP) is 2.79. The standard InChI is InChI=1S/C14H17NO3S/c1-3-14-15-11(9-19-14)8-18-13-5-4-12(17-2)6-10(13)7-16/h4-6,9,16H,3,7-8H2,1-2H3. The zero-order valence-corrected chi connectivity index (χ0v) is 11.9. The second-order valence-corrected chi connectivity index (χ2v) is 4.95. The number of aromatic nitrogens is 1. The van der Waals surface area contributed by atoms with Gasteiger partial charge in [-0.25, -0.2) is 4.98 Å². The number of thiazole rings is 1. The maximum absolute atomic E-state index is 9.33. The Kier molecular flexibility index (Phi) is 4.76. The van der Waals surface area contributed by atoms with Crippen molar-refractivity contribution in [2.24, 2.45) is 0 Å². The number of rotatable bonds is 6. The van der Waals surface area contributed by atoms with Crippen molar-refractivity contribution in [3.8, 4) is 11.5 Å². The topological polar surface area (TPSA) is 51.6 Å². The van der Waals surface area contributed by atoms with Gasteiger partial charge in [0.25, 0.3) is 0 Å². The van der Waals surface area contributed by atoms with Crippen molar-refractivity contribution in [3.63, 3.8) is 0 Å². The second-order valence-electron chi connectivity index (χ2n) is 4.01. The fourth-order valence-electron chi connectivity index (χ4n) is 1.68. The van der Waals surface area contributed by atoms with E-state index in [1.54, 1.807) is 30.6 Å². The lowest BCUT2D eigenvalue weighted by atomic mass is 10.2. The summed E-state index contributed by atoms with van der Waals surface area (Å²) in [5, 5.41) is 12.4. The Hall–Kier alpha value is -1.59. The summed E-state index contributed by atoms with van der Waals surface area (Å²) in [6.45, 7) is 2.41. The third-order valence-corrected chi connectivity index (χ3v) is 3.76. The predicted molar refractivity (Wildman–Crippen MR) is 74.7 cm³/mol. The summed E-state index contributed by atoms with van der Waals surface area (Å²) in [4.78, 5) is 4.44. The van der Waals surface area contributed by atoms with Gasteiger partial charge in [-0.3, -0.25) is 0 Å². The highest BCUT2D eigenvalue weighted by molar-refractivity contribution is 7.09. The molecule has 2 rings (SSSR count). The zero-order valence-electron chi connectivity index (χ0n) is 11.0. The molecule has 1 aromatic carbocycles. The molecule has 0 bridgehead atoms. The summed E-state index contributed by atoms with van der Waals surface area (Å²) in [6.07, 6.45) is 0.940. The van der Waals surface area contributed by atoms with Gasteiger partial charge in [0, 0.05) is 10.9 Å². The molecule has 0 aliphatic rings. The quantitative estimate of drug-likeness (QED) is 0.883. The molecule has 0 saturated heterocycles. The van der Waals surface area contributed by atoms with Crippen LogP contribution in [0.2, 0.25) is 0 Å². The lowest BCUT2D eigenvalue weighted by Crippen LogP contribution is -2.00. The van der Waals surface area contributed by atoms with E-state index >= 15 is 0 Å². The number of benzene rings is 1. The maximum Gasteiger partial charge on any atom is 0.131 e. The smallest absolute Gasteiger partial charge is 0.131 e. The van der Waals surface area contributed by atoms with Crippen LogP contribution < -0.4 is 9.47 Å². The summed E-state index contributed by atoms with van der Waals surface area (Å²) in [7, 11) is 1.60. The molecule has 102 valence electrons. The van der Waals surface area contributed by atoms with E-state index < -0.39 is 0 Å². The Morgan fingerprint density at radius 1 is 1.37 bits per heavy atom. The Morgan fingerprint density at radius 3 is 2.84 bits per heavy atom. The van der Waals surface area contributed by atoms with E-state index in [1.807, 2.05) is 11.4 Å². The Morgan fingerprint density at radius 2 is 2.21 bits per heavy atom. The second kappa shape index (κ2) is 6.54. The molecular formula is C14H17NO3S. The summed E-state index contributed by atoms with van der Waals surface area (Å²) < 4.78 is 10.8. The highest BCUT2D eigenvalue weighted by Crippen LogP contribution is 2.25. The van der Waals surface area contributed by atoms with Gasteiger partial charge in [0.2, 0.25) is 0 Å². The number of aliphatic hydroxyl groups excluding tert-OH is 1. The minimum Gasteiger partial charge on any atom is -0.497 e. The SMILES string of the molecule is CCc1nc(COc2ccc(OC)cc2CO)cs1. The van der Waals surface area contributed by atoms with Gasteiger partial charge in [-0.15, -0.1) is 11.3 Å². The van der Waals surface area contributed by atoms with E-state index in [1.165, 1.54) is 0 Å². The van der Waals surface area contributed by atoms with E-state index in [-0.39, 0.29) is 6.61 Å². The third kappa shape index (κ3) is 3.45. The van der Waals surface area contributed by atoms with E-state index in [0.29, 0.717) is 23.7 Å². The van der Waals surface area contributed by atoms with Gasteiger partial charge in [-0.1, -0.05) is 6.92 Å². The lowest BCUT2D eigenvalue weighted by molar-refractivity contribution is 0.256. The molecule has 0 amide bonds. The number of aryl methyl sites for hydroxylation is 1. The summed E-state index contributed by atoms with van der Waals surface area (Å²) in [6, 6.07) is 5.39. The minimum absolute atomic E-state index is 0.0796. The van der Waals surface area contributed by atoms with Crippen LogP contribution in [0.4, 0.5) is 0 Å². The van der Waals surface area contributed by atoms with Crippen molar-refractivity contribution in [2.45, 2.75) is 26.6 Å². The molecular weight excluding hydrogens is 262 g/mol. The van der Waals surface area contributed by atoms with Crippen molar-refractivity contribution in [2.75, 3.05) is 7.11 Å². The summed E-state index contributed by atoms with van der Waals surface area (Å²) in [5.41, 5.74) is 1.63. The molecule has 0 radical (unpaired) electrons. The van der Waals surface area contributed by atoms with Crippen molar-refractivity contribution in [1.29, 1.82) is 0 Å². The molecule has 0 saturated carbocycles. The number of nitrogens with zero attached hydrogens (tertiary/aromatic N) is 1. The molecule has 5 heteroatoms. The van der Waals surface area contributed by atoms with Crippen LogP contribution in [0.25, 0.3) is 0 Å². The van der Waals surface area contributed by atoms with Crippen LogP contribution in [0.15, 0.2) is 23.6 Å². The van der Waals surface area contributed by atoms with E-state index in [2.05, 4.69) is 11.9 Å². The molecule has 1 N–H and O–H groups in total. The molecule has 0 spiro atoms.